The first-order valence-electron chi connectivity index (χ1n) is 9.92. The lowest BCUT2D eigenvalue weighted by Crippen LogP contribution is -2.19. The van der Waals surface area contributed by atoms with E-state index in [2.05, 4.69) is 0 Å². The van der Waals surface area contributed by atoms with E-state index in [9.17, 15) is 23.1 Å². The van der Waals surface area contributed by atoms with Crippen molar-refractivity contribution in [3.63, 3.8) is 0 Å². The van der Waals surface area contributed by atoms with Crippen molar-refractivity contribution in [3.05, 3.63) is 99.9 Å². The Balaban J connectivity index is 1.87. The molecule has 0 unspecified atom stereocenters. The zero-order valence-electron chi connectivity index (χ0n) is 17.2. The van der Waals surface area contributed by atoms with E-state index in [1.54, 1.807) is 25.2 Å². The third-order valence-electron chi connectivity index (χ3n) is 5.18. The zero-order chi connectivity index (χ0) is 22.9. The second-order valence-electron chi connectivity index (χ2n) is 7.60. The van der Waals surface area contributed by atoms with E-state index in [1.807, 2.05) is 35.2 Å². The van der Waals surface area contributed by atoms with Crippen molar-refractivity contribution in [2.45, 2.75) is 19.3 Å². The van der Waals surface area contributed by atoms with Crippen LogP contribution in [0.15, 0.2) is 82.0 Å². The lowest BCUT2D eigenvalue weighted by Gasteiger charge is -2.19. The van der Waals surface area contributed by atoms with Gasteiger partial charge < -0.3 is 9.52 Å². The Bertz CT molecular complexity index is 1300. The maximum atomic E-state index is 13.9. The fourth-order valence-electron chi connectivity index (χ4n) is 3.74. The van der Waals surface area contributed by atoms with Crippen molar-refractivity contribution >= 4 is 11.0 Å². The summed E-state index contributed by atoms with van der Waals surface area (Å²) in [7, 11) is 1.77. The van der Waals surface area contributed by atoms with Gasteiger partial charge in [0.2, 0.25) is 11.2 Å². The molecule has 0 aliphatic carbocycles. The standard InChI is InChI=1S/C25H20F3NO3/c1-29(14-16-8-4-2-5-9-16)15-19-20(30)13-12-18-22(31)21(17-10-6-3-7-11-17)24(25(26,27)28)32-23(18)19/h2-13,30H,14-15H2,1H3. The second kappa shape index (κ2) is 8.51. The molecule has 32 heavy (non-hydrogen) atoms. The van der Waals surface area contributed by atoms with Crippen LogP contribution in [0.1, 0.15) is 16.9 Å². The average molecular weight is 439 g/mol. The Morgan fingerprint density at radius 3 is 2.16 bits per heavy atom. The van der Waals surface area contributed by atoms with Gasteiger partial charge in [0, 0.05) is 13.1 Å². The number of hydrogen-bond donors (Lipinski definition) is 1. The van der Waals surface area contributed by atoms with Gasteiger partial charge in [0.15, 0.2) is 0 Å². The van der Waals surface area contributed by atoms with Gasteiger partial charge in [0.1, 0.15) is 11.3 Å². The first-order valence-corrected chi connectivity index (χ1v) is 9.92. The van der Waals surface area contributed by atoms with Crippen LogP contribution in [-0.4, -0.2) is 17.1 Å². The summed E-state index contributed by atoms with van der Waals surface area (Å²) in [6, 6.07) is 19.7. The summed E-state index contributed by atoms with van der Waals surface area (Å²) >= 11 is 0. The van der Waals surface area contributed by atoms with E-state index in [-0.39, 0.29) is 34.4 Å². The second-order valence-corrected chi connectivity index (χ2v) is 7.60. The van der Waals surface area contributed by atoms with E-state index in [0.29, 0.717) is 6.54 Å². The van der Waals surface area contributed by atoms with E-state index in [0.717, 1.165) is 5.56 Å². The third-order valence-corrected chi connectivity index (χ3v) is 5.18. The number of phenolic OH excluding ortho intramolecular Hbond substituents is 1. The van der Waals surface area contributed by atoms with Crippen LogP contribution >= 0.6 is 0 Å². The number of nitrogens with zero attached hydrogens (tertiary/aromatic N) is 1. The van der Waals surface area contributed by atoms with Gasteiger partial charge in [-0.25, -0.2) is 0 Å². The van der Waals surface area contributed by atoms with Crippen LogP contribution in [0.4, 0.5) is 13.2 Å². The first-order chi connectivity index (χ1) is 15.3. The molecule has 0 amide bonds. The number of alkyl halides is 3. The molecule has 0 spiro atoms. The molecule has 1 N–H and O–H groups in total. The van der Waals surface area contributed by atoms with E-state index >= 15 is 0 Å². The topological polar surface area (TPSA) is 53.7 Å². The fraction of sp³-hybridized carbons (Fsp3) is 0.160. The smallest absolute Gasteiger partial charge is 0.450 e. The number of halogens is 3. The van der Waals surface area contributed by atoms with Gasteiger partial charge in [-0.05, 0) is 30.3 Å². The molecule has 0 saturated heterocycles. The van der Waals surface area contributed by atoms with Crippen LogP contribution in [0.5, 0.6) is 5.75 Å². The van der Waals surface area contributed by atoms with Crippen molar-refractivity contribution in [3.8, 4) is 16.9 Å². The fourth-order valence-corrected chi connectivity index (χ4v) is 3.74. The maximum absolute atomic E-state index is 13.9. The van der Waals surface area contributed by atoms with E-state index in [1.165, 1.54) is 24.3 Å². The van der Waals surface area contributed by atoms with Gasteiger partial charge in [-0.3, -0.25) is 9.69 Å². The number of rotatable bonds is 5. The molecule has 3 aromatic carbocycles. The Kier molecular flexibility index (Phi) is 5.76. The van der Waals surface area contributed by atoms with Gasteiger partial charge >= 0.3 is 6.18 Å². The van der Waals surface area contributed by atoms with E-state index in [4.69, 9.17) is 4.42 Å². The molecule has 0 bridgehead atoms. The van der Waals surface area contributed by atoms with Crippen molar-refractivity contribution in [1.29, 1.82) is 0 Å². The van der Waals surface area contributed by atoms with Crippen LogP contribution in [0, 0.1) is 0 Å². The highest BCUT2D eigenvalue weighted by molar-refractivity contribution is 5.86. The highest BCUT2D eigenvalue weighted by atomic mass is 19.4. The van der Waals surface area contributed by atoms with Gasteiger partial charge in [0.05, 0.1) is 16.5 Å². The maximum Gasteiger partial charge on any atom is 0.450 e. The molecule has 0 aliphatic heterocycles. The Labute approximate surface area is 182 Å². The minimum atomic E-state index is -4.89. The molecule has 4 nitrogen and oxygen atoms in total. The van der Waals surface area contributed by atoms with Crippen LogP contribution in [0.3, 0.4) is 0 Å². The largest absolute Gasteiger partial charge is 0.507 e. The van der Waals surface area contributed by atoms with Gasteiger partial charge in [0.25, 0.3) is 0 Å². The molecule has 164 valence electrons. The lowest BCUT2D eigenvalue weighted by molar-refractivity contribution is -0.152. The number of aromatic hydroxyl groups is 1. The number of fused-ring (bicyclic) bond motifs is 1. The van der Waals surface area contributed by atoms with Crippen molar-refractivity contribution < 1.29 is 22.7 Å². The van der Waals surface area contributed by atoms with Crippen LogP contribution in [0.25, 0.3) is 22.1 Å². The molecular weight excluding hydrogens is 419 g/mol. The van der Waals surface area contributed by atoms with Crippen molar-refractivity contribution in [1.82, 2.24) is 4.90 Å². The molecule has 0 saturated carbocycles. The predicted octanol–water partition coefficient (Wildman–Crippen LogP) is 5.82. The normalized spacial score (nSPS) is 11.9. The van der Waals surface area contributed by atoms with Crippen LogP contribution in [0.2, 0.25) is 0 Å². The number of hydrogen-bond acceptors (Lipinski definition) is 4. The van der Waals surface area contributed by atoms with Crippen LogP contribution < -0.4 is 5.43 Å². The quantitative estimate of drug-likeness (QED) is 0.426. The van der Waals surface area contributed by atoms with Gasteiger partial charge in [-0.15, -0.1) is 0 Å². The number of benzene rings is 3. The molecule has 0 atom stereocenters. The van der Waals surface area contributed by atoms with Crippen molar-refractivity contribution in [2.24, 2.45) is 0 Å². The Hall–Kier alpha value is -3.58. The Morgan fingerprint density at radius 1 is 0.906 bits per heavy atom. The molecule has 0 fully saturated rings. The molecule has 7 heteroatoms. The van der Waals surface area contributed by atoms with Gasteiger partial charge in [-0.1, -0.05) is 60.7 Å². The summed E-state index contributed by atoms with van der Waals surface area (Å²) in [5.41, 5.74) is -0.355. The highest BCUT2D eigenvalue weighted by Crippen LogP contribution is 2.39. The monoisotopic (exact) mass is 439 g/mol. The minimum absolute atomic E-state index is 0.0160. The highest BCUT2D eigenvalue weighted by Gasteiger charge is 2.39. The summed E-state index contributed by atoms with van der Waals surface area (Å²) in [5.74, 6) is -1.61. The van der Waals surface area contributed by atoms with Crippen LogP contribution in [-0.2, 0) is 19.3 Å². The Morgan fingerprint density at radius 2 is 1.53 bits per heavy atom. The summed E-state index contributed by atoms with van der Waals surface area (Å²) in [6.45, 7) is 0.581. The third kappa shape index (κ3) is 4.24. The molecule has 4 rings (SSSR count). The average Bonchev–Trinajstić information content (AvgIpc) is 2.76. The molecule has 1 heterocycles. The van der Waals surface area contributed by atoms with E-state index < -0.39 is 22.9 Å². The molecular formula is C25H20F3NO3. The summed E-state index contributed by atoms with van der Waals surface area (Å²) in [6.07, 6.45) is -4.89. The molecule has 0 aliphatic rings. The molecule has 4 aromatic rings. The summed E-state index contributed by atoms with van der Waals surface area (Å²) in [5, 5.41) is 10.4. The predicted molar refractivity (Wildman–Crippen MR) is 116 cm³/mol. The summed E-state index contributed by atoms with van der Waals surface area (Å²) < 4.78 is 47.1. The lowest BCUT2D eigenvalue weighted by atomic mass is 10.00. The summed E-state index contributed by atoms with van der Waals surface area (Å²) in [4.78, 5) is 15.0. The zero-order valence-corrected chi connectivity index (χ0v) is 17.2. The SMILES string of the molecule is CN(Cc1ccccc1)Cc1c(O)ccc2c(=O)c(-c3ccccc3)c(C(F)(F)F)oc12. The van der Waals surface area contributed by atoms with Crippen molar-refractivity contribution in [2.75, 3.05) is 7.05 Å². The number of phenols is 1. The molecule has 1 aromatic heterocycles. The van der Waals surface area contributed by atoms with Gasteiger partial charge in [-0.2, -0.15) is 13.2 Å². The molecule has 0 radical (unpaired) electrons. The first kappa shape index (κ1) is 21.6. The minimum Gasteiger partial charge on any atom is -0.507 e.